The Labute approximate surface area is 150 Å². The second kappa shape index (κ2) is 5.64. The number of carbonyl (C=O) groups is 1. The summed E-state index contributed by atoms with van der Waals surface area (Å²) in [7, 11) is -4.66. The lowest BCUT2D eigenvalue weighted by molar-refractivity contribution is -0.117. The van der Waals surface area contributed by atoms with Gasteiger partial charge in [-0.3, -0.25) is 8.98 Å². The molecule has 0 amide bonds. The molecule has 0 spiro atoms. The molecule has 4 aliphatic rings. The van der Waals surface area contributed by atoms with E-state index in [0.29, 0.717) is 30.6 Å². The highest BCUT2D eigenvalue weighted by atomic mass is 32.3. The lowest BCUT2D eigenvalue weighted by Crippen LogP contribution is -2.51. The monoisotopic (exact) mass is 367 g/mol. The largest absolute Gasteiger partial charge is 0.726 e. The minimum absolute atomic E-state index is 0.113. The summed E-state index contributed by atoms with van der Waals surface area (Å²) in [4.78, 5) is 11.9. The van der Waals surface area contributed by atoms with Crippen LogP contribution in [0.1, 0.15) is 65.2 Å². The third-order valence-corrected chi connectivity index (χ3v) is 8.58. The fourth-order valence-electron chi connectivity index (χ4n) is 6.81. The Kier molecular flexibility index (Phi) is 3.99. The van der Waals surface area contributed by atoms with Crippen molar-refractivity contribution in [1.29, 1.82) is 0 Å². The number of hydrogen-bond acceptors (Lipinski definition) is 5. The molecular weight excluding hydrogens is 340 g/mol. The van der Waals surface area contributed by atoms with E-state index in [2.05, 4.69) is 13.8 Å². The van der Waals surface area contributed by atoms with Gasteiger partial charge in [0.2, 0.25) is 10.4 Å². The van der Waals surface area contributed by atoms with Crippen molar-refractivity contribution in [2.24, 2.45) is 28.6 Å². The lowest BCUT2D eigenvalue weighted by Gasteiger charge is -2.57. The van der Waals surface area contributed by atoms with Gasteiger partial charge in [0, 0.05) is 6.42 Å². The van der Waals surface area contributed by atoms with Crippen LogP contribution in [-0.4, -0.2) is 24.9 Å². The van der Waals surface area contributed by atoms with Crippen molar-refractivity contribution < 1.29 is 21.9 Å². The van der Waals surface area contributed by atoms with Crippen LogP contribution in [-0.2, 0) is 19.4 Å². The first kappa shape index (κ1) is 17.7. The van der Waals surface area contributed by atoms with Gasteiger partial charge in [0.25, 0.3) is 0 Å². The fourth-order valence-corrected chi connectivity index (χ4v) is 7.41. The molecule has 6 atom stereocenters. The van der Waals surface area contributed by atoms with Gasteiger partial charge in [-0.15, -0.1) is 0 Å². The summed E-state index contributed by atoms with van der Waals surface area (Å²) in [5.74, 6) is 1.77. The Morgan fingerprint density at radius 2 is 1.84 bits per heavy atom. The second-order valence-corrected chi connectivity index (χ2v) is 10.1. The van der Waals surface area contributed by atoms with E-state index in [1.165, 1.54) is 5.57 Å². The molecule has 0 aromatic carbocycles. The molecule has 0 aliphatic heterocycles. The summed E-state index contributed by atoms with van der Waals surface area (Å²) in [6.07, 6.45) is 8.57. The van der Waals surface area contributed by atoms with E-state index >= 15 is 0 Å². The first-order valence-electron chi connectivity index (χ1n) is 9.51. The van der Waals surface area contributed by atoms with E-state index < -0.39 is 16.5 Å². The molecule has 140 valence electrons. The zero-order chi connectivity index (χ0) is 18.0. The van der Waals surface area contributed by atoms with E-state index in [0.717, 1.165) is 38.5 Å². The van der Waals surface area contributed by atoms with Gasteiger partial charge < -0.3 is 4.55 Å². The first-order chi connectivity index (χ1) is 11.6. The van der Waals surface area contributed by atoms with E-state index in [1.54, 1.807) is 0 Å². The normalized spacial score (nSPS) is 46.8. The van der Waals surface area contributed by atoms with E-state index in [1.807, 2.05) is 6.08 Å². The molecular formula is C19H27O5S-. The number of ketones is 1. The smallest absolute Gasteiger partial charge is 0.217 e. The molecule has 0 N–H and O–H groups in total. The summed E-state index contributed by atoms with van der Waals surface area (Å²) >= 11 is 0. The number of fused-ring (bicyclic) bond motifs is 5. The molecule has 4 rings (SSSR count). The molecule has 0 bridgehead atoms. The van der Waals surface area contributed by atoms with Crippen LogP contribution in [0, 0.1) is 28.6 Å². The summed E-state index contributed by atoms with van der Waals surface area (Å²) in [6.45, 7) is 4.45. The third-order valence-electron chi connectivity index (χ3n) is 8.11. The Balaban J connectivity index is 1.62. The maximum Gasteiger partial charge on any atom is 0.217 e. The molecule has 3 saturated carbocycles. The van der Waals surface area contributed by atoms with Gasteiger partial charge in [-0.1, -0.05) is 19.4 Å². The van der Waals surface area contributed by atoms with E-state index in [9.17, 15) is 17.8 Å². The number of rotatable bonds is 2. The van der Waals surface area contributed by atoms with Crippen LogP contribution < -0.4 is 0 Å². The highest BCUT2D eigenvalue weighted by Gasteiger charge is 2.59. The summed E-state index contributed by atoms with van der Waals surface area (Å²) in [6, 6.07) is 0. The first-order valence-corrected chi connectivity index (χ1v) is 10.8. The van der Waals surface area contributed by atoms with Gasteiger partial charge in [-0.05, 0) is 79.6 Å². The van der Waals surface area contributed by atoms with Crippen molar-refractivity contribution in [3.63, 3.8) is 0 Å². The van der Waals surface area contributed by atoms with Gasteiger partial charge in [0.1, 0.15) is 0 Å². The standard InChI is InChI=1S/C19H28O5S/c1-18-9-7-13(20)11-12(18)3-4-14-15-5-6-17(24-25(21,22)23)19(15,2)10-8-16(14)18/h11,14-17H,3-10H2,1-2H3,(H,21,22,23)/p-1/t14-,15-,16-,17-,18?,19-/m0/s1. The maximum absolute atomic E-state index is 11.9. The molecule has 0 heterocycles. The van der Waals surface area contributed by atoms with Crippen LogP contribution in [0.2, 0.25) is 0 Å². The zero-order valence-corrected chi connectivity index (χ0v) is 15.8. The summed E-state index contributed by atoms with van der Waals surface area (Å²) in [5.41, 5.74) is 1.23. The number of carbonyl (C=O) groups excluding carboxylic acids is 1. The van der Waals surface area contributed by atoms with Crippen LogP contribution in [0.25, 0.3) is 0 Å². The SMILES string of the molecule is CC12CCC(=O)C=C1CC[C@@H]1[C@@H]2CC[C@]2(C)[C@@H](OS(=O)(=O)[O-])CC[C@@H]12. The summed E-state index contributed by atoms with van der Waals surface area (Å²) < 4.78 is 38.4. The van der Waals surface area contributed by atoms with Crippen LogP contribution >= 0.6 is 0 Å². The van der Waals surface area contributed by atoms with Crippen LogP contribution in [0.3, 0.4) is 0 Å². The van der Waals surface area contributed by atoms with Crippen molar-refractivity contribution in [2.45, 2.75) is 71.3 Å². The highest BCUT2D eigenvalue weighted by molar-refractivity contribution is 7.80. The molecule has 4 aliphatic carbocycles. The van der Waals surface area contributed by atoms with Gasteiger partial charge in [0.05, 0.1) is 6.10 Å². The molecule has 5 nitrogen and oxygen atoms in total. The van der Waals surface area contributed by atoms with Crippen molar-refractivity contribution >= 4 is 16.2 Å². The molecule has 0 saturated heterocycles. The van der Waals surface area contributed by atoms with Crippen molar-refractivity contribution in [1.82, 2.24) is 0 Å². The minimum atomic E-state index is -4.66. The number of hydrogen-bond donors (Lipinski definition) is 0. The average Bonchev–Trinajstić information content (AvgIpc) is 2.83. The van der Waals surface area contributed by atoms with E-state index in [-0.39, 0.29) is 16.6 Å². The lowest BCUT2D eigenvalue weighted by atomic mass is 9.47. The summed E-state index contributed by atoms with van der Waals surface area (Å²) in [5, 5.41) is 0. The molecule has 0 aromatic heterocycles. The highest BCUT2D eigenvalue weighted by Crippen LogP contribution is 2.65. The van der Waals surface area contributed by atoms with Gasteiger partial charge in [0.15, 0.2) is 5.78 Å². The Bertz CT molecular complexity index is 726. The van der Waals surface area contributed by atoms with Gasteiger partial charge >= 0.3 is 0 Å². The minimum Gasteiger partial charge on any atom is -0.726 e. The molecule has 6 heteroatoms. The average molecular weight is 367 g/mol. The Morgan fingerprint density at radius 1 is 1.08 bits per heavy atom. The Morgan fingerprint density at radius 3 is 2.56 bits per heavy atom. The molecule has 0 aromatic rings. The number of allylic oxidation sites excluding steroid dienone is 1. The van der Waals surface area contributed by atoms with Gasteiger partial charge in [-0.2, -0.15) is 0 Å². The predicted octanol–water partition coefficient (Wildman–Crippen LogP) is 3.36. The van der Waals surface area contributed by atoms with E-state index in [4.69, 9.17) is 4.18 Å². The Hall–Kier alpha value is -0.720. The topological polar surface area (TPSA) is 83.5 Å². The molecule has 0 radical (unpaired) electrons. The van der Waals surface area contributed by atoms with Gasteiger partial charge in [-0.25, -0.2) is 8.42 Å². The fraction of sp³-hybridized carbons (Fsp3) is 0.842. The quantitative estimate of drug-likeness (QED) is 0.552. The molecule has 3 fully saturated rings. The van der Waals surface area contributed by atoms with Crippen molar-refractivity contribution in [3.05, 3.63) is 11.6 Å². The van der Waals surface area contributed by atoms with Crippen LogP contribution in [0.15, 0.2) is 11.6 Å². The molecule has 1 unspecified atom stereocenters. The van der Waals surface area contributed by atoms with Crippen molar-refractivity contribution in [3.8, 4) is 0 Å². The zero-order valence-electron chi connectivity index (χ0n) is 15.0. The van der Waals surface area contributed by atoms with Crippen molar-refractivity contribution in [2.75, 3.05) is 0 Å². The second-order valence-electron chi connectivity index (χ2n) is 9.08. The maximum atomic E-state index is 11.9. The van der Waals surface area contributed by atoms with Crippen LogP contribution in [0.5, 0.6) is 0 Å². The van der Waals surface area contributed by atoms with Crippen LogP contribution in [0.4, 0.5) is 0 Å². The predicted molar refractivity (Wildman–Crippen MR) is 91.3 cm³/mol. The molecule has 25 heavy (non-hydrogen) atoms. The third kappa shape index (κ3) is 2.72.